The van der Waals surface area contributed by atoms with Crippen LogP contribution in [0.25, 0.3) is 0 Å². The molecule has 118 valence electrons. The number of benzene rings is 1. The first-order valence-corrected chi connectivity index (χ1v) is 7.70. The van der Waals surface area contributed by atoms with Crippen LogP contribution in [0.3, 0.4) is 0 Å². The van der Waals surface area contributed by atoms with Gasteiger partial charge in [-0.25, -0.2) is 5.43 Å². The number of hydrogen-bond donors (Lipinski definition) is 2. The molecule has 0 aliphatic carbocycles. The second-order valence-electron chi connectivity index (χ2n) is 6.24. The maximum absolute atomic E-state index is 11.9. The van der Waals surface area contributed by atoms with Crippen LogP contribution in [-0.2, 0) is 17.6 Å². The second-order valence-corrected chi connectivity index (χ2v) is 6.24. The first-order valence-electron chi connectivity index (χ1n) is 7.70. The van der Waals surface area contributed by atoms with Crippen LogP contribution in [0, 0.1) is 5.92 Å². The Morgan fingerprint density at radius 3 is 2.86 bits per heavy atom. The van der Waals surface area contributed by atoms with Crippen molar-refractivity contribution < 1.29 is 4.79 Å². The van der Waals surface area contributed by atoms with Crippen molar-refractivity contribution in [1.82, 2.24) is 10.7 Å². The second kappa shape index (κ2) is 5.89. The van der Waals surface area contributed by atoms with Gasteiger partial charge in [0.1, 0.15) is 11.9 Å². The quantitative estimate of drug-likeness (QED) is 0.867. The molecule has 1 aromatic rings. The molecular formula is C16H21ClN4O. The largest absolute Gasteiger partial charge is 0.316 e. The standard InChI is InChI=1S/C16H20N4O.ClH/c1-10-16(21)19-18-15-5-4-13-3-2-11(6-12-8-17-9-12)7-14(13)20(10)15;/h2-3,7,10,12,17H,4-6,8-9H2,1H3,(H,19,21);1H. The van der Waals surface area contributed by atoms with Crippen LogP contribution in [-0.4, -0.2) is 30.9 Å². The zero-order valence-corrected chi connectivity index (χ0v) is 13.4. The molecule has 0 spiro atoms. The van der Waals surface area contributed by atoms with Crippen LogP contribution in [0.15, 0.2) is 23.3 Å². The van der Waals surface area contributed by atoms with Crippen molar-refractivity contribution in [1.29, 1.82) is 0 Å². The third-order valence-electron chi connectivity index (χ3n) is 4.76. The van der Waals surface area contributed by atoms with Crippen LogP contribution in [0.2, 0.25) is 0 Å². The Bertz CT molecular complexity index is 627. The molecule has 5 nitrogen and oxygen atoms in total. The van der Waals surface area contributed by atoms with Gasteiger partial charge in [0, 0.05) is 12.1 Å². The van der Waals surface area contributed by atoms with E-state index >= 15 is 0 Å². The summed E-state index contributed by atoms with van der Waals surface area (Å²) in [7, 11) is 0. The third-order valence-corrected chi connectivity index (χ3v) is 4.76. The van der Waals surface area contributed by atoms with E-state index in [0.717, 1.165) is 44.1 Å². The normalized spacial score (nSPS) is 23.5. The molecule has 0 aromatic heterocycles. The molecule has 1 atom stereocenters. The number of nitrogens with one attached hydrogen (secondary N) is 2. The molecule has 3 heterocycles. The molecular weight excluding hydrogens is 300 g/mol. The number of rotatable bonds is 2. The van der Waals surface area contributed by atoms with Crippen LogP contribution >= 0.6 is 12.4 Å². The molecule has 2 N–H and O–H groups in total. The minimum Gasteiger partial charge on any atom is -0.316 e. The number of hydrazone groups is 1. The van der Waals surface area contributed by atoms with Crippen LogP contribution in [0.4, 0.5) is 5.69 Å². The number of amidine groups is 1. The maximum atomic E-state index is 11.9. The van der Waals surface area contributed by atoms with E-state index in [0.29, 0.717) is 0 Å². The van der Waals surface area contributed by atoms with Gasteiger partial charge in [-0.3, -0.25) is 4.79 Å². The summed E-state index contributed by atoms with van der Waals surface area (Å²) in [4.78, 5) is 14.0. The number of carbonyl (C=O) groups excluding carboxylic acids is 1. The molecule has 0 bridgehead atoms. The number of anilines is 1. The van der Waals surface area contributed by atoms with Crippen molar-refractivity contribution in [2.24, 2.45) is 11.0 Å². The predicted octanol–water partition coefficient (Wildman–Crippen LogP) is 1.45. The lowest BCUT2D eigenvalue weighted by molar-refractivity contribution is -0.122. The van der Waals surface area contributed by atoms with Crippen LogP contribution < -0.4 is 15.6 Å². The van der Waals surface area contributed by atoms with E-state index in [1.807, 2.05) is 6.92 Å². The minimum atomic E-state index is -0.183. The SMILES string of the molecule is CC1C(=O)NN=C2CCc3ccc(CC4CNC4)cc3N21.Cl. The maximum Gasteiger partial charge on any atom is 0.262 e. The molecule has 0 radical (unpaired) electrons. The average molecular weight is 321 g/mol. The molecule has 0 saturated carbocycles. The predicted molar refractivity (Wildman–Crippen MR) is 89.6 cm³/mol. The topological polar surface area (TPSA) is 56.7 Å². The first kappa shape index (κ1) is 15.3. The Morgan fingerprint density at radius 1 is 1.32 bits per heavy atom. The van der Waals surface area contributed by atoms with Crippen LogP contribution in [0.1, 0.15) is 24.5 Å². The minimum absolute atomic E-state index is 0. The Labute approximate surface area is 136 Å². The molecule has 3 aliphatic rings. The molecule has 22 heavy (non-hydrogen) atoms. The Balaban J connectivity index is 0.00000144. The summed E-state index contributed by atoms with van der Waals surface area (Å²) in [5.41, 5.74) is 6.49. The highest BCUT2D eigenvalue weighted by Crippen LogP contribution is 2.33. The van der Waals surface area contributed by atoms with Gasteiger partial charge >= 0.3 is 0 Å². The summed E-state index contributed by atoms with van der Waals surface area (Å²) in [5, 5.41) is 7.55. The van der Waals surface area contributed by atoms with E-state index in [-0.39, 0.29) is 24.4 Å². The van der Waals surface area contributed by atoms with Gasteiger partial charge in [-0.1, -0.05) is 12.1 Å². The fourth-order valence-corrected chi connectivity index (χ4v) is 3.38. The molecule has 1 unspecified atom stereocenters. The zero-order chi connectivity index (χ0) is 14.4. The highest BCUT2D eigenvalue weighted by Gasteiger charge is 2.34. The zero-order valence-electron chi connectivity index (χ0n) is 12.6. The third kappa shape index (κ3) is 2.48. The smallest absolute Gasteiger partial charge is 0.262 e. The number of aryl methyl sites for hydroxylation is 1. The molecule has 1 saturated heterocycles. The van der Waals surface area contributed by atoms with E-state index in [2.05, 4.69) is 38.9 Å². The van der Waals surface area contributed by atoms with E-state index in [9.17, 15) is 4.79 Å². The first-order chi connectivity index (χ1) is 10.2. The number of nitrogens with zero attached hydrogens (tertiary/aromatic N) is 2. The fraction of sp³-hybridized carbons (Fsp3) is 0.500. The van der Waals surface area contributed by atoms with Crippen molar-refractivity contribution in [3.8, 4) is 0 Å². The van der Waals surface area contributed by atoms with Gasteiger partial charge in [0.2, 0.25) is 0 Å². The van der Waals surface area contributed by atoms with Gasteiger partial charge in [0.15, 0.2) is 0 Å². The molecule has 3 aliphatic heterocycles. The molecule has 1 aromatic carbocycles. The lowest BCUT2D eigenvalue weighted by Gasteiger charge is -2.39. The van der Waals surface area contributed by atoms with E-state index < -0.39 is 0 Å². The number of hydrogen-bond acceptors (Lipinski definition) is 4. The Morgan fingerprint density at radius 2 is 2.14 bits per heavy atom. The van der Waals surface area contributed by atoms with E-state index in [1.54, 1.807) is 0 Å². The van der Waals surface area contributed by atoms with Gasteiger partial charge in [0.05, 0.1) is 0 Å². The summed E-state index contributed by atoms with van der Waals surface area (Å²) in [5.74, 6) is 1.71. The monoisotopic (exact) mass is 320 g/mol. The Kier molecular flexibility index (Phi) is 4.10. The van der Waals surface area contributed by atoms with Crippen molar-refractivity contribution in [2.75, 3.05) is 18.0 Å². The van der Waals surface area contributed by atoms with Crippen molar-refractivity contribution in [2.45, 2.75) is 32.2 Å². The number of carbonyl (C=O) groups is 1. The molecule has 1 amide bonds. The number of fused-ring (bicyclic) bond motifs is 3. The Hall–Kier alpha value is -1.59. The average Bonchev–Trinajstić information content (AvgIpc) is 2.46. The number of amides is 1. The molecule has 4 rings (SSSR count). The van der Waals surface area contributed by atoms with Gasteiger partial charge in [-0.05, 0) is 56.0 Å². The van der Waals surface area contributed by atoms with Crippen molar-refractivity contribution >= 4 is 29.8 Å². The summed E-state index contributed by atoms with van der Waals surface area (Å²) in [6.45, 7) is 4.18. The van der Waals surface area contributed by atoms with Gasteiger partial charge < -0.3 is 10.2 Å². The van der Waals surface area contributed by atoms with E-state index in [1.165, 1.54) is 16.8 Å². The van der Waals surface area contributed by atoms with E-state index in [4.69, 9.17) is 0 Å². The van der Waals surface area contributed by atoms with Gasteiger partial charge in [-0.2, -0.15) is 5.10 Å². The highest BCUT2D eigenvalue weighted by atomic mass is 35.5. The highest BCUT2D eigenvalue weighted by molar-refractivity contribution is 6.08. The number of halogens is 1. The van der Waals surface area contributed by atoms with Gasteiger partial charge in [0.25, 0.3) is 5.91 Å². The lowest BCUT2D eigenvalue weighted by atomic mass is 9.91. The molecule has 1 fully saturated rings. The van der Waals surface area contributed by atoms with Crippen molar-refractivity contribution in [3.05, 3.63) is 29.3 Å². The lowest BCUT2D eigenvalue weighted by Crippen LogP contribution is -2.53. The summed E-state index contributed by atoms with van der Waals surface area (Å²) < 4.78 is 0. The summed E-state index contributed by atoms with van der Waals surface area (Å²) in [6.07, 6.45) is 3.00. The summed E-state index contributed by atoms with van der Waals surface area (Å²) in [6, 6.07) is 6.55. The molecule has 6 heteroatoms. The van der Waals surface area contributed by atoms with Crippen molar-refractivity contribution in [3.63, 3.8) is 0 Å². The summed E-state index contributed by atoms with van der Waals surface area (Å²) >= 11 is 0. The van der Waals surface area contributed by atoms with Gasteiger partial charge in [-0.15, -0.1) is 12.4 Å². The fourth-order valence-electron chi connectivity index (χ4n) is 3.38. The van der Waals surface area contributed by atoms with Crippen LogP contribution in [0.5, 0.6) is 0 Å².